The van der Waals surface area contributed by atoms with Gasteiger partial charge in [-0.05, 0) is 50.3 Å². The van der Waals surface area contributed by atoms with Gasteiger partial charge >= 0.3 is 0 Å². The van der Waals surface area contributed by atoms with E-state index in [0.717, 1.165) is 18.5 Å². The van der Waals surface area contributed by atoms with Crippen LogP contribution >= 0.6 is 0 Å². The summed E-state index contributed by atoms with van der Waals surface area (Å²) in [5.74, 6) is 0.943. The largest absolute Gasteiger partial charge is 0.367 e. The van der Waals surface area contributed by atoms with Gasteiger partial charge in [0.15, 0.2) is 0 Å². The van der Waals surface area contributed by atoms with Crippen LogP contribution < -0.4 is 10.2 Å². The van der Waals surface area contributed by atoms with E-state index in [-0.39, 0.29) is 0 Å². The first-order valence-corrected chi connectivity index (χ1v) is 6.72. The van der Waals surface area contributed by atoms with Crippen molar-refractivity contribution in [3.63, 3.8) is 0 Å². The fourth-order valence-corrected chi connectivity index (χ4v) is 2.42. The molecular weight excluding hydrogens is 210 g/mol. The molecule has 2 aliphatic carbocycles. The third-order valence-corrected chi connectivity index (χ3v) is 3.70. The van der Waals surface area contributed by atoms with Crippen LogP contribution in [0.15, 0.2) is 18.5 Å². The van der Waals surface area contributed by atoms with Gasteiger partial charge in [-0.3, -0.25) is 4.98 Å². The Morgan fingerprint density at radius 1 is 1.35 bits per heavy atom. The maximum absolute atomic E-state index is 4.32. The molecule has 0 bridgehead atoms. The molecule has 0 unspecified atom stereocenters. The minimum Gasteiger partial charge on any atom is -0.367 e. The molecule has 3 nitrogen and oxygen atoms in total. The minimum atomic E-state index is 0.787. The molecule has 92 valence electrons. The molecule has 2 fully saturated rings. The Bertz CT molecular complexity index is 383. The first kappa shape index (κ1) is 11.0. The van der Waals surface area contributed by atoms with Crippen LogP contribution in [0.2, 0.25) is 0 Å². The number of aromatic nitrogens is 1. The van der Waals surface area contributed by atoms with E-state index in [2.05, 4.69) is 21.3 Å². The van der Waals surface area contributed by atoms with E-state index >= 15 is 0 Å². The molecule has 3 rings (SSSR count). The summed E-state index contributed by atoms with van der Waals surface area (Å²) < 4.78 is 0. The van der Waals surface area contributed by atoms with Crippen LogP contribution in [0.25, 0.3) is 0 Å². The third-order valence-electron chi connectivity index (χ3n) is 3.70. The summed E-state index contributed by atoms with van der Waals surface area (Å²) in [6, 6.07) is 2.93. The number of nitrogens with zero attached hydrogens (tertiary/aromatic N) is 2. The third kappa shape index (κ3) is 2.60. The number of anilines is 1. The van der Waals surface area contributed by atoms with Crippen LogP contribution in [0.5, 0.6) is 0 Å². The SMILES string of the molecule is CNCc1ccncc1N(CC1CC1)C1CC1. The van der Waals surface area contributed by atoms with Gasteiger partial charge < -0.3 is 10.2 Å². The predicted octanol–water partition coefficient (Wildman–Crippen LogP) is 2.18. The Balaban J connectivity index is 1.82. The van der Waals surface area contributed by atoms with Crippen molar-refractivity contribution in [2.24, 2.45) is 5.92 Å². The molecule has 1 heterocycles. The van der Waals surface area contributed by atoms with Crippen LogP contribution in [-0.4, -0.2) is 24.6 Å². The zero-order valence-electron chi connectivity index (χ0n) is 10.5. The van der Waals surface area contributed by atoms with Gasteiger partial charge in [0.1, 0.15) is 0 Å². The van der Waals surface area contributed by atoms with Crippen LogP contribution in [0.4, 0.5) is 5.69 Å². The summed E-state index contributed by atoms with van der Waals surface area (Å²) in [7, 11) is 2.01. The van der Waals surface area contributed by atoms with Crippen molar-refractivity contribution < 1.29 is 0 Å². The lowest BCUT2D eigenvalue weighted by molar-refractivity contribution is 0.707. The van der Waals surface area contributed by atoms with Crippen molar-refractivity contribution in [2.75, 3.05) is 18.5 Å². The number of pyridine rings is 1. The summed E-state index contributed by atoms with van der Waals surface area (Å²) in [6.45, 7) is 2.18. The molecular formula is C14H21N3. The summed E-state index contributed by atoms with van der Waals surface area (Å²) in [5, 5.41) is 3.25. The van der Waals surface area contributed by atoms with Gasteiger partial charge in [-0.15, -0.1) is 0 Å². The second-order valence-electron chi connectivity index (χ2n) is 5.36. The van der Waals surface area contributed by atoms with Gasteiger partial charge in [0.2, 0.25) is 0 Å². The monoisotopic (exact) mass is 231 g/mol. The average molecular weight is 231 g/mol. The van der Waals surface area contributed by atoms with Crippen molar-refractivity contribution in [3.05, 3.63) is 24.0 Å². The average Bonchev–Trinajstić information content (AvgIpc) is 3.21. The van der Waals surface area contributed by atoms with Crippen molar-refractivity contribution >= 4 is 5.69 Å². The Hall–Kier alpha value is -1.09. The highest BCUT2D eigenvalue weighted by atomic mass is 15.2. The van der Waals surface area contributed by atoms with Gasteiger partial charge in [0.25, 0.3) is 0 Å². The zero-order chi connectivity index (χ0) is 11.7. The number of hydrogen-bond donors (Lipinski definition) is 1. The van der Waals surface area contributed by atoms with Gasteiger partial charge in [-0.2, -0.15) is 0 Å². The molecule has 1 aromatic heterocycles. The van der Waals surface area contributed by atoms with E-state index in [4.69, 9.17) is 0 Å². The maximum Gasteiger partial charge on any atom is 0.0600 e. The number of hydrogen-bond acceptors (Lipinski definition) is 3. The van der Waals surface area contributed by atoms with E-state index in [1.165, 1.54) is 43.5 Å². The Kier molecular flexibility index (Phi) is 3.02. The lowest BCUT2D eigenvalue weighted by Gasteiger charge is -2.26. The smallest absolute Gasteiger partial charge is 0.0600 e. The van der Waals surface area contributed by atoms with Gasteiger partial charge in [-0.25, -0.2) is 0 Å². The lowest BCUT2D eigenvalue weighted by atomic mass is 10.2. The zero-order valence-corrected chi connectivity index (χ0v) is 10.5. The summed E-state index contributed by atoms with van der Waals surface area (Å²) in [4.78, 5) is 6.93. The second-order valence-corrected chi connectivity index (χ2v) is 5.36. The standard InChI is InChI=1S/C14H21N3/c1-15-8-12-6-7-16-9-14(12)17(13-4-5-13)10-11-2-3-11/h6-7,9,11,13,15H,2-5,8,10H2,1H3. The Labute approximate surface area is 103 Å². The van der Waals surface area contributed by atoms with Crippen molar-refractivity contribution in [1.82, 2.24) is 10.3 Å². The quantitative estimate of drug-likeness (QED) is 0.813. The summed E-state index contributed by atoms with van der Waals surface area (Å²) >= 11 is 0. The number of nitrogens with one attached hydrogen (secondary N) is 1. The summed E-state index contributed by atoms with van der Waals surface area (Å²) in [5.41, 5.74) is 2.74. The Morgan fingerprint density at radius 2 is 2.18 bits per heavy atom. The van der Waals surface area contributed by atoms with Gasteiger partial charge in [0.05, 0.1) is 11.9 Å². The molecule has 0 aromatic carbocycles. The maximum atomic E-state index is 4.32. The van der Waals surface area contributed by atoms with E-state index in [9.17, 15) is 0 Å². The van der Waals surface area contributed by atoms with Crippen LogP contribution in [0, 0.1) is 5.92 Å². The molecule has 1 aromatic rings. The molecule has 2 saturated carbocycles. The van der Waals surface area contributed by atoms with Gasteiger partial charge in [-0.1, -0.05) is 0 Å². The first-order valence-electron chi connectivity index (χ1n) is 6.72. The molecule has 2 aliphatic rings. The number of rotatable bonds is 6. The molecule has 3 heteroatoms. The molecule has 17 heavy (non-hydrogen) atoms. The minimum absolute atomic E-state index is 0.787. The van der Waals surface area contributed by atoms with E-state index in [1.807, 2.05) is 19.4 Å². The van der Waals surface area contributed by atoms with E-state index in [0.29, 0.717) is 0 Å². The molecule has 0 amide bonds. The van der Waals surface area contributed by atoms with E-state index < -0.39 is 0 Å². The molecule has 0 radical (unpaired) electrons. The molecule has 0 saturated heterocycles. The van der Waals surface area contributed by atoms with Crippen LogP contribution in [-0.2, 0) is 6.54 Å². The molecule has 1 N–H and O–H groups in total. The van der Waals surface area contributed by atoms with Crippen molar-refractivity contribution in [1.29, 1.82) is 0 Å². The second kappa shape index (κ2) is 4.65. The fraction of sp³-hybridized carbons (Fsp3) is 0.643. The predicted molar refractivity (Wildman–Crippen MR) is 70.1 cm³/mol. The highest BCUT2D eigenvalue weighted by Gasteiger charge is 2.34. The summed E-state index contributed by atoms with van der Waals surface area (Å²) in [6.07, 6.45) is 9.52. The molecule has 0 aliphatic heterocycles. The van der Waals surface area contributed by atoms with Crippen molar-refractivity contribution in [2.45, 2.75) is 38.3 Å². The first-order chi connectivity index (χ1) is 8.38. The fourth-order valence-electron chi connectivity index (χ4n) is 2.42. The van der Waals surface area contributed by atoms with Gasteiger partial charge in [0, 0.05) is 25.3 Å². The van der Waals surface area contributed by atoms with Crippen LogP contribution in [0.3, 0.4) is 0 Å². The van der Waals surface area contributed by atoms with E-state index in [1.54, 1.807) is 0 Å². The molecule has 0 atom stereocenters. The Morgan fingerprint density at radius 3 is 2.82 bits per heavy atom. The normalized spacial score (nSPS) is 19.4. The van der Waals surface area contributed by atoms with Crippen molar-refractivity contribution in [3.8, 4) is 0 Å². The lowest BCUT2D eigenvalue weighted by Crippen LogP contribution is -2.29. The topological polar surface area (TPSA) is 28.2 Å². The highest BCUT2D eigenvalue weighted by Crippen LogP contribution is 2.38. The molecule has 0 spiro atoms. The highest BCUT2D eigenvalue weighted by molar-refractivity contribution is 5.53. The van der Waals surface area contributed by atoms with Crippen LogP contribution in [0.1, 0.15) is 31.2 Å².